The zero-order valence-electron chi connectivity index (χ0n) is 30.9. The van der Waals surface area contributed by atoms with Crippen molar-refractivity contribution >= 4 is 60.0 Å². The third-order valence-electron chi connectivity index (χ3n) is 11.0. The first kappa shape index (κ1) is 32.1. The molecule has 0 saturated heterocycles. The molecule has 256 valence electrons. The number of aromatic nitrogens is 2. The number of hydrogen-bond donors (Lipinski definition) is 0. The van der Waals surface area contributed by atoms with Gasteiger partial charge in [0, 0.05) is 50.0 Å². The van der Waals surface area contributed by atoms with Crippen LogP contribution in [-0.4, -0.2) is 4.40 Å². The Morgan fingerprint density at radius 3 is 1.75 bits per heavy atom. The minimum atomic E-state index is -0.131. The first-order valence-electron chi connectivity index (χ1n) is 18.0. The molecule has 0 N–H and O–H groups in total. The second-order valence-electron chi connectivity index (χ2n) is 16.5. The van der Waals surface area contributed by atoms with Crippen LogP contribution < -0.4 is 15.4 Å². The molecule has 5 heteroatoms. The molecule has 0 unspecified atom stereocenters. The molecular formula is C47H41N2O3+. The van der Waals surface area contributed by atoms with Gasteiger partial charge in [-0.25, -0.2) is 4.57 Å². The topological polar surface area (TPSA) is 55.6 Å². The van der Waals surface area contributed by atoms with Gasteiger partial charge in [-0.1, -0.05) is 84.0 Å². The van der Waals surface area contributed by atoms with Crippen molar-refractivity contribution in [2.45, 2.75) is 59.3 Å². The fourth-order valence-electron chi connectivity index (χ4n) is 8.08. The number of nitrogens with zero attached hydrogens (tertiary/aromatic N) is 2. The molecule has 0 amide bonds. The SMILES string of the molecule is Cc1ccc2c(oc3c(-c4cc5c(=O)c6ccc(C(C)(C)C)cc6n6c7cc(C(C)(C)C)ccc7c(=O)c(c4)c56)cccc32)c1-c1cccc[n+]1C. The molecule has 0 atom stereocenters. The van der Waals surface area contributed by atoms with Crippen molar-refractivity contribution in [3.63, 3.8) is 0 Å². The Hall–Kier alpha value is -5.81. The van der Waals surface area contributed by atoms with Gasteiger partial charge in [-0.15, -0.1) is 0 Å². The minimum Gasteiger partial charge on any atom is -0.454 e. The van der Waals surface area contributed by atoms with Crippen molar-refractivity contribution < 1.29 is 8.98 Å². The summed E-state index contributed by atoms with van der Waals surface area (Å²) >= 11 is 0. The summed E-state index contributed by atoms with van der Waals surface area (Å²) in [6.45, 7) is 15.2. The Balaban J connectivity index is 1.42. The Morgan fingerprint density at radius 2 is 1.17 bits per heavy atom. The van der Waals surface area contributed by atoms with E-state index in [4.69, 9.17) is 4.42 Å². The van der Waals surface area contributed by atoms with Crippen LogP contribution in [0.15, 0.2) is 117 Å². The third-order valence-corrected chi connectivity index (χ3v) is 11.0. The van der Waals surface area contributed by atoms with Gasteiger partial charge >= 0.3 is 0 Å². The highest BCUT2D eigenvalue weighted by Gasteiger charge is 2.25. The van der Waals surface area contributed by atoms with Crippen molar-refractivity contribution in [3.8, 4) is 22.4 Å². The summed E-state index contributed by atoms with van der Waals surface area (Å²) in [7, 11) is 2.04. The maximum absolute atomic E-state index is 14.6. The van der Waals surface area contributed by atoms with Crippen LogP contribution in [-0.2, 0) is 17.9 Å². The number of rotatable bonds is 2. The number of aryl methyl sites for hydroxylation is 2. The second kappa shape index (κ2) is 10.8. The van der Waals surface area contributed by atoms with Crippen LogP contribution >= 0.6 is 0 Å². The fraction of sp³-hybridized carbons (Fsp3) is 0.213. The van der Waals surface area contributed by atoms with Crippen molar-refractivity contribution in [2.75, 3.05) is 0 Å². The molecule has 0 saturated carbocycles. The predicted octanol–water partition coefficient (Wildman–Crippen LogP) is 10.5. The van der Waals surface area contributed by atoms with Crippen molar-refractivity contribution in [1.82, 2.24) is 4.40 Å². The summed E-state index contributed by atoms with van der Waals surface area (Å²) in [5.74, 6) is 0. The van der Waals surface area contributed by atoms with Crippen molar-refractivity contribution in [1.29, 1.82) is 0 Å². The van der Waals surface area contributed by atoms with Gasteiger partial charge in [0.25, 0.3) is 0 Å². The molecule has 9 rings (SSSR count). The number of benzene rings is 5. The Morgan fingerprint density at radius 1 is 0.596 bits per heavy atom. The lowest BCUT2D eigenvalue weighted by atomic mass is 9.85. The van der Waals surface area contributed by atoms with E-state index in [1.54, 1.807) is 0 Å². The molecule has 0 radical (unpaired) electrons. The van der Waals surface area contributed by atoms with E-state index in [1.165, 1.54) is 0 Å². The van der Waals surface area contributed by atoms with E-state index in [9.17, 15) is 9.59 Å². The predicted molar refractivity (Wildman–Crippen MR) is 215 cm³/mol. The number of para-hydroxylation sites is 1. The first-order chi connectivity index (χ1) is 24.7. The number of furan rings is 1. The molecule has 0 spiro atoms. The number of pyridine rings is 3. The van der Waals surface area contributed by atoms with Gasteiger partial charge in [-0.3, -0.25) is 9.59 Å². The molecule has 0 aliphatic carbocycles. The van der Waals surface area contributed by atoms with Gasteiger partial charge in [0.2, 0.25) is 5.69 Å². The Bertz CT molecular complexity index is 2970. The quantitative estimate of drug-likeness (QED) is 0.104. The highest BCUT2D eigenvalue weighted by atomic mass is 16.3. The van der Waals surface area contributed by atoms with Gasteiger partial charge in [-0.05, 0) is 82.5 Å². The third kappa shape index (κ3) is 4.58. The lowest BCUT2D eigenvalue weighted by Gasteiger charge is -2.23. The van der Waals surface area contributed by atoms with E-state index in [0.717, 1.165) is 72.0 Å². The normalized spacial score (nSPS) is 12.8. The zero-order valence-corrected chi connectivity index (χ0v) is 30.9. The summed E-state index contributed by atoms with van der Waals surface area (Å²) in [5, 5.41) is 4.30. The van der Waals surface area contributed by atoms with Crippen LogP contribution in [0.4, 0.5) is 0 Å². The van der Waals surface area contributed by atoms with E-state index < -0.39 is 0 Å². The average Bonchev–Trinajstić information content (AvgIpc) is 3.49. The van der Waals surface area contributed by atoms with Gasteiger partial charge in [0.1, 0.15) is 18.2 Å². The van der Waals surface area contributed by atoms with Crippen LogP contribution in [0.2, 0.25) is 0 Å². The maximum atomic E-state index is 14.6. The van der Waals surface area contributed by atoms with E-state index in [1.807, 2.05) is 61.8 Å². The van der Waals surface area contributed by atoms with Crippen LogP contribution in [0.3, 0.4) is 0 Å². The first-order valence-corrected chi connectivity index (χ1v) is 18.0. The lowest BCUT2D eigenvalue weighted by Crippen LogP contribution is -2.30. The molecule has 52 heavy (non-hydrogen) atoms. The largest absolute Gasteiger partial charge is 0.454 e. The fourth-order valence-corrected chi connectivity index (χ4v) is 8.08. The van der Waals surface area contributed by atoms with Crippen LogP contribution in [0.25, 0.3) is 82.4 Å². The summed E-state index contributed by atoms with van der Waals surface area (Å²) in [6, 6.07) is 32.8. The van der Waals surface area contributed by atoms with Crippen LogP contribution in [0.1, 0.15) is 58.2 Å². The molecule has 5 nitrogen and oxygen atoms in total. The molecule has 9 aromatic rings. The summed E-state index contributed by atoms with van der Waals surface area (Å²) < 4.78 is 11.2. The van der Waals surface area contributed by atoms with Gasteiger partial charge < -0.3 is 8.82 Å². The summed E-state index contributed by atoms with van der Waals surface area (Å²) in [5.41, 5.74) is 10.5. The smallest absolute Gasteiger partial charge is 0.216 e. The average molecular weight is 682 g/mol. The molecule has 0 aliphatic heterocycles. The Kier molecular flexibility index (Phi) is 6.70. The molecule has 5 aromatic carbocycles. The molecule has 0 bridgehead atoms. The maximum Gasteiger partial charge on any atom is 0.216 e. The van der Waals surface area contributed by atoms with E-state index >= 15 is 0 Å². The summed E-state index contributed by atoms with van der Waals surface area (Å²) in [6.07, 6.45) is 2.04. The second-order valence-corrected chi connectivity index (χ2v) is 16.5. The van der Waals surface area contributed by atoms with E-state index in [2.05, 4.69) is 106 Å². The van der Waals surface area contributed by atoms with Gasteiger partial charge in [-0.2, -0.15) is 0 Å². The summed E-state index contributed by atoms with van der Waals surface area (Å²) in [4.78, 5) is 29.3. The van der Waals surface area contributed by atoms with Crippen LogP contribution in [0.5, 0.6) is 0 Å². The lowest BCUT2D eigenvalue weighted by molar-refractivity contribution is -0.660. The molecule has 0 aliphatic rings. The number of hydrogen-bond acceptors (Lipinski definition) is 3. The van der Waals surface area contributed by atoms with Gasteiger partial charge in [0.05, 0.1) is 22.1 Å². The number of fused-ring (bicyclic) bond motifs is 7. The van der Waals surface area contributed by atoms with E-state index in [-0.39, 0.29) is 21.7 Å². The molecule has 0 fully saturated rings. The van der Waals surface area contributed by atoms with Crippen molar-refractivity contribution in [3.05, 3.63) is 140 Å². The highest BCUT2D eigenvalue weighted by molar-refractivity contribution is 6.15. The van der Waals surface area contributed by atoms with Crippen molar-refractivity contribution in [2.24, 2.45) is 7.05 Å². The molecule has 4 aromatic heterocycles. The standard InChI is InChI=1S/C47H41N2O3/c1-26-15-18-32-31-13-11-12-30(44(31)52-45(32)40(26)37-14-9-10-21-48(37)8)27-22-35-41-36(23-27)43(51)34-20-17-29(47(5,6)7)25-39(34)49(41)38-24-28(46(2,3)4)16-19-33(38)42(35)50/h9-25H,1-8H3/q+1. The monoisotopic (exact) mass is 681 g/mol. The molecular weight excluding hydrogens is 641 g/mol. The minimum absolute atomic E-state index is 0.0840. The zero-order chi connectivity index (χ0) is 36.4. The van der Waals surface area contributed by atoms with E-state index in [0.29, 0.717) is 27.1 Å². The Labute approximate surface area is 301 Å². The van der Waals surface area contributed by atoms with Crippen LogP contribution in [0, 0.1) is 6.92 Å². The molecule has 4 heterocycles. The highest BCUT2D eigenvalue weighted by Crippen LogP contribution is 2.42. The van der Waals surface area contributed by atoms with Gasteiger partial charge in [0.15, 0.2) is 17.1 Å².